The van der Waals surface area contributed by atoms with Gasteiger partial charge in [0.1, 0.15) is 0 Å². The maximum atomic E-state index is 13.3. The number of benzene rings is 2. The molecule has 5 heteroatoms. The molecule has 1 saturated heterocycles. The maximum absolute atomic E-state index is 13.3. The van der Waals surface area contributed by atoms with Gasteiger partial charge in [-0.05, 0) is 23.1 Å². The van der Waals surface area contributed by atoms with Crippen molar-refractivity contribution < 1.29 is 14.3 Å². The van der Waals surface area contributed by atoms with E-state index in [0.717, 1.165) is 23.1 Å². The van der Waals surface area contributed by atoms with Gasteiger partial charge in [0, 0.05) is 25.4 Å². The van der Waals surface area contributed by atoms with Crippen LogP contribution in [0.15, 0.2) is 54.6 Å². The zero-order valence-corrected chi connectivity index (χ0v) is 18.2. The van der Waals surface area contributed by atoms with Crippen LogP contribution < -0.4 is 5.32 Å². The van der Waals surface area contributed by atoms with Gasteiger partial charge in [0.05, 0.1) is 13.2 Å². The molecular formula is C25H32N2O3. The zero-order valence-electron chi connectivity index (χ0n) is 18.2. The molecule has 2 aromatic carbocycles. The van der Waals surface area contributed by atoms with Gasteiger partial charge in [-0.3, -0.25) is 9.59 Å². The molecule has 1 aliphatic rings. The van der Waals surface area contributed by atoms with Gasteiger partial charge in [0.2, 0.25) is 5.91 Å². The Hall–Kier alpha value is -2.66. The number of amides is 2. The first kappa shape index (κ1) is 22.0. The molecule has 1 atom stereocenters. The number of morpholine rings is 1. The van der Waals surface area contributed by atoms with E-state index in [9.17, 15) is 9.59 Å². The molecule has 0 radical (unpaired) electrons. The number of ether oxygens (including phenoxy) is 1. The Kier molecular flexibility index (Phi) is 7.27. The van der Waals surface area contributed by atoms with Crippen molar-refractivity contribution >= 4 is 11.8 Å². The van der Waals surface area contributed by atoms with Gasteiger partial charge in [-0.1, -0.05) is 75.4 Å². The third-order valence-electron chi connectivity index (χ3n) is 5.52. The topological polar surface area (TPSA) is 58.6 Å². The van der Waals surface area contributed by atoms with Crippen LogP contribution in [0.5, 0.6) is 0 Å². The summed E-state index contributed by atoms with van der Waals surface area (Å²) in [5.41, 5.74) is 2.12. The molecule has 1 aliphatic heterocycles. The van der Waals surface area contributed by atoms with Crippen LogP contribution >= 0.6 is 0 Å². The van der Waals surface area contributed by atoms with E-state index in [1.165, 1.54) is 0 Å². The van der Waals surface area contributed by atoms with E-state index >= 15 is 0 Å². The van der Waals surface area contributed by atoms with Crippen molar-refractivity contribution in [2.45, 2.75) is 39.2 Å². The molecule has 0 saturated carbocycles. The van der Waals surface area contributed by atoms with Crippen LogP contribution in [0.25, 0.3) is 11.1 Å². The van der Waals surface area contributed by atoms with Gasteiger partial charge in [-0.25, -0.2) is 0 Å². The highest BCUT2D eigenvalue weighted by atomic mass is 16.5. The van der Waals surface area contributed by atoms with Gasteiger partial charge >= 0.3 is 0 Å². The van der Waals surface area contributed by atoms with E-state index < -0.39 is 5.60 Å². The Morgan fingerprint density at radius 3 is 2.50 bits per heavy atom. The molecule has 5 nitrogen and oxygen atoms in total. The number of carbonyl (C=O) groups excluding carboxylic acids is 2. The highest BCUT2D eigenvalue weighted by molar-refractivity contribution is 5.88. The first-order valence-electron chi connectivity index (χ1n) is 10.8. The lowest BCUT2D eigenvalue weighted by Crippen LogP contribution is -2.62. The lowest BCUT2D eigenvalue weighted by atomic mass is 9.87. The zero-order chi connectivity index (χ0) is 21.6. The molecule has 1 heterocycles. The summed E-state index contributed by atoms with van der Waals surface area (Å²) >= 11 is 0. The van der Waals surface area contributed by atoms with Crippen LogP contribution in [0.1, 0.15) is 32.8 Å². The van der Waals surface area contributed by atoms with Crippen LogP contribution in [0.2, 0.25) is 0 Å². The molecule has 30 heavy (non-hydrogen) atoms. The Labute approximate surface area is 179 Å². The molecule has 160 valence electrons. The summed E-state index contributed by atoms with van der Waals surface area (Å²) in [6.45, 7) is 7.52. The fraction of sp³-hybridized carbons (Fsp3) is 0.440. The van der Waals surface area contributed by atoms with E-state index in [4.69, 9.17) is 4.74 Å². The second-order valence-corrected chi connectivity index (χ2v) is 8.21. The van der Waals surface area contributed by atoms with Crippen LogP contribution in [0.3, 0.4) is 0 Å². The van der Waals surface area contributed by atoms with Crippen LogP contribution in [0, 0.1) is 5.92 Å². The SMILES string of the molecule is CCCNC(=O)C1(Cc2ccccc2-c2ccccc2)CN(C(=O)C(C)C)CCO1. The summed E-state index contributed by atoms with van der Waals surface area (Å²) < 4.78 is 6.17. The van der Waals surface area contributed by atoms with Crippen molar-refractivity contribution in [3.63, 3.8) is 0 Å². The van der Waals surface area contributed by atoms with Gasteiger partial charge < -0.3 is 15.0 Å². The van der Waals surface area contributed by atoms with Gasteiger partial charge in [-0.15, -0.1) is 0 Å². The summed E-state index contributed by atoms with van der Waals surface area (Å²) in [4.78, 5) is 27.8. The molecule has 2 amide bonds. The molecule has 1 fully saturated rings. The summed E-state index contributed by atoms with van der Waals surface area (Å²) in [5, 5.41) is 3.01. The average molecular weight is 409 g/mol. The number of hydrogen-bond donors (Lipinski definition) is 1. The van der Waals surface area contributed by atoms with Crippen molar-refractivity contribution in [3.05, 3.63) is 60.2 Å². The molecule has 1 unspecified atom stereocenters. The summed E-state index contributed by atoms with van der Waals surface area (Å²) in [6, 6.07) is 18.3. The Balaban J connectivity index is 1.97. The maximum Gasteiger partial charge on any atom is 0.254 e. The van der Waals surface area contributed by atoms with E-state index in [1.54, 1.807) is 4.90 Å². The summed E-state index contributed by atoms with van der Waals surface area (Å²) in [7, 11) is 0. The fourth-order valence-electron chi connectivity index (χ4n) is 3.94. The molecule has 2 aromatic rings. The minimum atomic E-state index is -1.09. The number of nitrogens with zero attached hydrogens (tertiary/aromatic N) is 1. The van der Waals surface area contributed by atoms with Crippen molar-refractivity contribution in [2.75, 3.05) is 26.2 Å². The number of rotatable bonds is 7. The molecular weight excluding hydrogens is 376 g/mol. The third kappa shape index (κ3) is 4.90. The molecule has 1 N–H and O–H groups in total. The number of hydrogen-bond acceptors (Lipinski definition) is 3. The Morgan fingerprint density at radius 2 is 1.80 bits per heavy atom. The lowest BCUT2D eigenvalue weighted by Gasteiger charge is -2.42. The summed E-state index contributed by atoms with van der Waals surface area (Å²) in [6.07, 6.45) is 1.26. The molecule has 0 aromatic heterocycles. The van der Waals surface area contributed by atoms with E-state index in [2.05, 4.69) is 23.5 Å². The predicted octanol–water partition coefficient (Wildman–Crippen LogP) is 3.68. The van der Waals surface area contributed by atoms with Gasteiger partial charge in [0.25, 0.3) is 5.91 Å². The van der Waals surface area contributed by atoms with Crippen LogP contribution in [-0.2, 0) is 20.7 Å². The Morgan fingerprint density at radius 1 is 1.10 bits per heavy atom. The first-order valence-corrected chi connectivity index (χ1v) is 10.8. The second-order valence-electron chi connectivity index (χ2n) is 8.21. The number of nitrogens with one attached hydrogen (secondary N) is 1. The lowest BCUT2D eigenvalue weighted by molar-refractivity contribution is -0.167. The largest absolute Gasteiger partial charge is 0.361 e. The molecule has 3 rings (SSSR count). The number of carbonyl (C=O) groups is 2. The first-order chi connectivity index (χ1) is 14.5. The summed E-state index contributed by atoms with van der Waals surface area (Å²) in [5.74, 6) is -0.202. The highest BCUT2D eigenvalue weighted by Gasteiger charge is 2.45. The van der Waals surface area contributed by atoms with E-state index in [1.807, 2.05) is 57.2 Å². The van der Waals surface area contributed by atoms with Gasteiger partial charge in [-0.2, -0.15) is 0 Å². The van der Waals surface area contributed by atoms with Crippen molar-refractivity contribution in [2.24, 2.45) is 5.92 Å². The molecule has 0 aliphatic carbocycles. The van der Waals surface area contributed by atoms with Crippen molar-refractivity contribution in [1.82, 2.24) is 10.2 Å². The molecule has 0 bridgehead atoms. The Bertz CT molecular complexity index is 866. The quantitative estimate of drug-likeness (QED) is 0.760. The fourth-order valence-corrected chi connectivity index (χ4v) is 3.94. The second kappa shape index (κ2) is 9.90. The molecule has 0 spiro atoms. The third-order valence-corrected chi connectivity index (χ3v) is 5.52. The normalized spacial score (nSPS) is 19.0. The monoisotopic (exact) mass is 408 g/mol. The van der Waals surface area contributed by atoms with Gasteiger partial charge in [0.15, 0.2) is 5.60 Å². The highest BCUT2D eigenvalue weighted by Crippen LogP contribution is 2.30. The smallest absolute Gasteiger partial charge is 0.254 e. The van der Waals surface area contributed by atoms with E-state index in [-0.39, 0.29) is 24.3 Å². The standard InChI is InChI=1S/C25H32N2O3/c1-4-14-26-24(29)25(18-27(15-16-30-25)23(28)19(2)3)17-21-12-8-9-13-22(21)20-10-6-5-7-11-20/h5-13,19H,4,14-18H2,1-3H3,(H,26,29). The predicted molar refractivity (Wildman–Crippen MR) is 119 cm³/mol. The van der Waals surface area contributed by atoms with Crippen LogP contribution in [-0.4, -0.2) is 48.6 Å². The van der Waals surface area contributed by atoms with Crippen molar-refractivity contribution in [1.29, 1.82) is 0 Å². The van der Waals surface area contributed by atoms with Crippen molar-refractivity contribution in [3.8, 4) is 11.1 Å². The minimum absolute atomic E-state index is 0.0577. The average Bonchev–Trinajstić information content (AvgIpc) is 2.78. The van der Waals surface area contributed by atoms with E-state index in [0.29, 0.717) is 26.1 Å². The van der Waals surface area contributed by atoms with Crippen LogP contribution in [0.4, 0.5) is 0 Å². The minimum Gasteiger partial charge on any atom is -0.361 e.